The molecule has 0 radical (unpaired) electrons. The highest BCUT2D eigenvalue weighted by molar-refractivity contribution is 5.90. The zero-order valence-electron chi connectivity index (χ0n) is 16.0. The molecule has 1 amide bonds. The number of nitrogens with one attached hydrogen (secondary N) is 1. The van der Waals surface area contributed by atoms with Crippen LogP contribution in [0.5, 0.6) is 5.75 Å². The Morgan fingerprint density at radius 1 is 1.23 bits per heavy atom. The Morgan fingerprint density at radius 2 is 1.96 bits per heavy atom. The average molecular weight is 359 g/mol. The lowest BCUT2D eigenvalue weighted by atomic mass is 9.78. The number of hydrogen-bond donors (Lipinski definition) is 1. The molecule has 5 heteroatoms. The van der Waals surface area contributed by atoms with Crippen LogP contribution in [0.2, 0.25) is 0 Å². The molecule has 1 saturated carbocycles. The Bertz CT molecular complexity index is 655. The average Bonchev–Trinajstić information content (AvgIpc) is 2.63. The zero-order valence-corrected chi connectivity index (χ0v) is 16.0. The Hall–Kier alpha value is -2.30. The van der Waals surface area contributed by atoms with Crippen molar-refractivity contribution in [3.63, 3.8) is 0 Å². The summed E-state index contributed by atoms with van der Waals surface area (Å²) in [6.45, 7) is 5.98. The van der Waals surface area contributed by atoms with Crippen molar-refractivity contribution in [2.75, 3.05) is 7.11 Å². The summed E-state index contributed by atoms with van der Waals surface area (Å²) in [4.78, 5) is 24.4. The topological polar surface area (TPSA) is 64.6 Å². The number of hydrogen-bond acceptors (Lipinski definition) is 4. The van der Waals surface area contributed by atoms with Gasteiger partial charge in [0, 0.05) is 17.7 Å². The van der Waals surface area contributed by atoms with E-state index < -0.39 is 12.1 Å². The van der Waals surface area contributed by atoms with Crippen molar-refractivity contribution in [3.8, 4) is 5.75 Å². The van der Waals surface area contributed by atoms with E-state index in [4.69, 9.17) is 9.47 Å². The standard InChI is InChI=1S/C21H29NO4/c1-14-8-7-10-18(15(14)2)22-21(24)16(3)26-20(23)13-12-17-9-5-6-11-19(17)25-4/h5-6,9,11-16,18H,7-8,10H2,1-4H3,(H,22,24)/b13-12+/t14-,15-,16-,18-/m1/s1. The summed E-state index contributed by atoms with van der Waals surface area (Å²) in [6, 6.07) is 7.51. The third-order valence-electron chi connectivity index (χ3n) is 5.23. The fourth-order valence-corrected chi connectivity index (χ4v) is 3.31. The molecule has 1 aromatic rings. The molecule has 1 aromatic carbocycles. The van der Waals surface area contributed by atoms with Crippen LogP contribution in [0.15, 0.2) is 30.3 Å². The second-order valence-corrected chi connectivity index (χ2v) is 7.04. The minimum absolute atomic E-state index is 0.150. The van der Waals surface area contributed by atoms with Crippen LogP contribution in [0.4, 0.5) is 0 Å². The molecule has 2 rings (SSSR count). The molecular formula is C21H29NO4. The van der Waals surface area contributed by atoms with E-state index >= 15 is 0 Å². The van der Waals surface area contributed by atoms with E-state index in [-0.39, 0.29) is 11.9 Å². The van der Waals surface area contributed by atoms with Crippen molar-refractivity contribution in [2.24, 2.45) is 11.8 Å². The highest BCUT2D eigenvalue weighted by Gasteiger charge is 2.29. The molecular weight excluding hydrogens is 330 g/mol. The molecule has 0 saturated heterocycles. The lowest BCUT2D eigenvalue weighted by molar-refractivity contribution is -0.150. The van der Waals surface area contributed by atoms with Crippen molar-refractivity contribution < 1.29 is 19.1 Å². The Morgan fingerprint density at radius 3 is 2.69 bits per heavy atom. The predicted octanol–water partition coefficient (Wildman–Crippen LogP) is 3.58. The summed E-state index contributed by atoms with van der Waals surface area (Å²) >= 11 is 0. The smallest absolute Gasteiger partial charge is 0.331 e. The molecule has 0 unspecified atom stereocenters. The first-order chi connectivity index (χ1) is 12.4. The SMILES string of the molecule is COc1ccccc1/C=C/C(=O)O[C@H](C)C(=O)N[C@@H]1CCC[C@@H](C)[C@H]1C. The van der Waals surface area contributed by atoms with E-state index in [1.165, 1.54) is 12.5 Å². The van der Waals surface area contributed by atoms with E-state index in [0.717, 1.165) is 18.4 Å². The van der Waals surface area contributed by atoms with Crippen LogP contribution >= 0.6 is 0 Å². The quantitative estimate of drug-likeness (QED) is 0.623. The number of benzene rings is 1. The number of carbonyl (C=O) groups excluding carboxylic acids is 2. The van der Waals surface area contributed by atoms with Crippen LogP contribution in [0.3, 0.4) is 0 Å². The maximum atomic E-state index is 12.3. The monoisotopic (exact) mass is 359 g/mol. The van der Waals surface area contributed by atoms with Gasteiger partial charge in [-0.2, -0.15) is 0 Å². The molecule has 142 valence electrons. The number of methoxy groups -OCH3 is 1. The minimum Gasteiger partial charge on any atom is -0.496 e. The Kier molecular flexibility index (Phi) is 7.25. The van der Waals surface area contributed by atoms with Crippen LogP contribution in [0, 0.1) is 11.8 Å². The van der Waals surface area contributed by atoms with Gasteiger partial charge in [-0.15, -0.1) is 0 Å². The first kappa shape index (κ1) is 20.0. The molecule has 1 fully saturated rings. The Balaban J connectivity index is 1.87. The van der Waals surface area contributed by atoms with Crippen molar-refractivity contribution in [1.82, 2.24) is 5.32 Å². The van der Waals surface area contributed by atoms with E-state index in [1.54, 1.807) is 20.1 Å². The maximum absolute atomic E-state index is 12.3. The van der Waals surface area contributed by atoms with Crippen molar-refractivity contribution in [1.29, 1.82) is 0 Å². The van der Waals surface area contributed by atoms with Crippen molar-refractivity contribution in [2.45, 2.75) is 52.2 Å². The molecule has 1 N–H and O–H groups in total. The van der Waals surface area contributed by atoms with Gasteiger partial charge in [0.05, 0.1) is 7.11 Å². The summed E-state index contributed by atoms with van der Waals surface area (Å²) in [7, 11) is 1.57. The summed E-state index contributed by atoms with van der Waals surface area (Å²) in [6.07, 6.45) is 5.40. The predicted molar refractivity (Wildman–Crippen MR) is 102 cm³/mol. The van der Waals surface area contributed by atoms with E-state index in [1.807, 2.05) is 24.3 Å². The summed E-state index contributed by atoms with van der Waals surface area (Å²) < 4.78 is 10.5. The van der Waals surface area contributed by atoms with E-state index in [9.17, 15) is 9.59 Å². The molecule has 0 aliphatic heterocycles. The van der Waals surface area contributed by atoms with Gasteiger partial charge in [0.25, 0.3) is 5.91 Å². The fourth-order valence-electron chi connectivity index (χ4n) is 3.31. The molecule has 0 bridgehead atoms. The fraction of sp³-hybridized carbons (Fsp3) is 0.524. The molecule has 5 nitrogen and oxygen atoms in total. The van der Waals surface area contributed by atoms with Gasteiger partial charge in [-0.25, -0.2) is 4.79 Å². The lowest BCUT2D eigenvalue weighted by Gasteiger charge is -2.35. The zero-order chi connectivity index (χ0) is 19.1. The number of esters is 1. The highest BCUT2D eigenvalue weighted by atomic mass is 16.5. The lowest BCUT2D eigenvalue weighted by Crippen LogP contribution is -2.47. The van der Waals surface area contributed by atoms with Gasteiger partial charge in [0.15, 0.2) is 6.10 Å². The van der Waals surface area contributed by atoms with Crippen molar-refractivity contribution >= 4 is 18.0 Å². The van der Waals surface area contributed by atoms with Crippen molar-refractivity contribution in [3.05, 3.63) is 35.9 Å². The third-order valence-corrected chi connectivity index (χ3v) is 5.23. The normalized spacial score (nSPS) is 24.1. The number of carbonyl (C=O) groups is 2. The molecule has 1 aliphatic carbocycles. The van der Waals surface area contributed by atoms with Gasteiger partial charge < -0.3 is 14.8 Å². The van der Waals surface area contributed by atoms with Gasteiger partial charge in [-0.1, -0.05) is 44.9 Å². The van der Waals surface area contributed by atoms with Gasteiger partial charge in [0.1, 0.15) is 5.75 Å². The first-order valence-corrected chi connectivity index (χ1v) is 9.24. The third kappa shape index (κ3) is 5.35. The number of para-hydroxylation sites is 1. The molecule has 0 spiro atoms. The van der Waals surface area contributed by atoms with Crippen LogP contribution in [0.25, 0.3) is 6.08 Å². The number of ether oxygens (including phenoxy) is 2. The van der Waals surface area contributed by atoms with Crippen LogP contribution < -0.4 is 10.1 Å². The van der Waals surface area contributed by atoms with Crippen LogP contribution in [0.1, 0.15) is 45.6 Å². The van der Waals surface area contributed by atoms with Crippen LogP contribution in [-0.2, 0) is 14.3 Å². The Labute approximate surface area is 155 Å². The van der Waals surface area contributed by atoms with Gasteiger partial charge in [-0.3, -0.25) is 4.79 Å². The van der Waals surface area contributed by atoms with E-state index in [0.29, 0.717) is 17.6 Å². The van der Waals surface area contributed by atoms with Gasteiger partial charge >= 0.3 is 5.97 Å². The molecule has 1 aliphatic rings. The largest absolute Gasteiger partial charge is 0.496 e. The van der Waals surface area contributed by atoms with Gasteiger partial charge in [-0.05, 0) is 37.3 Å². The highest BCUT2D eigenvalue weighted by Crippen LogP contribution is 2.29. The molecule has 0 aromatic heterocycles. The van der Waals surface area contributed by atoms with Gasteiger partial charge in [0.2, 0.25) is 0 Å². The first-order valence-electron chi connectivity index (χ1n) is 9.24. The molecule has 4 atom stereocenters. The molecule has 0 heterocycles. The minimum atomic E-state index is -0.825. The number of rotatable bonds is 6. The maximum Gasteiger partial charge on any atom is 0.331 e. The summed E-state index contributed by atoms with van der Waals surface area (Å²) in [5.74, 6) is 0.901. The van der Waals surface area contributed by atoms with Crippen LogP contribution in [-0.4, -0.2) is 31.1 Å². The second-order valence-electron chi connectivity index (χ2n) is 7.04. The number of amides is 1. The summed E-state index contributed by atoms with van der Waals surface area (Å²) in [5, 5.41) is 3.04. The molecule has 26 heavy (non-hydrogen) atoms. The van der Waals surface area contributed by atoms with E-state index in [2.05, 4.69) is 19.2 Å². The summed E-state index contributed by atoms with van der Waals surface area (Å²) in [5.41, 5.74) is 0.772. The second kappa shape index (κ2) is 9.41.